The standard InChI is InChI=1S/C15H26N2OS/c1-13(12-19-3)17(2)9-4-10-18-15-7-5-14(11-16)6-8-15/h5-8,13H,4,9-12,16H2,1-3H3. The highest BCUT2D eigenvalue weighted by Crippen LogP contribution is 2.12. The fraction of sp³-hybridized carbons (Fsp3) is 0.600. The summed E-state index contributed by atoms with van der Waals surface area (Å²) >= 11 is 1.89. The van der Waals surface area contributed by atoms with E-state index in [-0.39, 0.29) is 0 Å². The van der Waals surface area contributed by atoms with Crippen LogP contribution in [-0.4, -0.2) is 43.1 Å². The molecule has 0 amide bonds. The third-order valence-corrected chi connectivity index (χ3v) is 4.06. The first kappa shape index (κ1) is 16.3. The van der Waals surface area contributed by atoms with Gasteiger partial charge in [-0.15, -0.1) is 0 Å². The maximum Gasteiger partial charge on any atom is 0.119 e. The van der Waals surface area contributed by atoms with Gasteiger partial charge in [0, 0.05) is 24.9 Å². The zero-order valence-electron chi connectivity index (χ0n) is 12.3. The minimum atomic E-state index is 0.582. The molecule has 3 nitrogen and oxygen atoms in total. The van der Waals surface area contributed by atoms with Crippen LogP contribution in [0.15, 0.2) is 24.3 Å². The van der Waals surface area contributed by atoms with Gasteiger partial charge in [0.2, 0.25) is 0 Å². The molecule has 0 aromatic heterocycles. The van der Waals surface area contributed by atoms with Crippen LogP contribution in [-0.2, 0) is 6.54 Å². The second-order valence-corrected chi connectivity index (χ2v) is 5.75. The Balaban J connectivity index is 2.19. The molecular weight excluding hydrogens is 256 g/mol. The number of ether oxygens (including phenoxy) is 1. The van der Waals surface area contributed by atoms with E-state index >= 15 is 0 Å². The van der Waals surface area contributed by atoms with E-state index in [4.69, 9.17) is 10.5 Å². The highest BCUT2D eigenvalue weighted by molar-refractivity contribution is 7.98. The molecule has 0 spiro atoms. The lowest BCUT2D eigenvalue weighted by Gasteiger charge is -2.23. The number of hydrogen-bond acceptors (Lipinski definition) is 4. The van der Waals surface area contributed by atoms with Crippen LogP contribution in [0.4, 0.5) is 0 Å². The maximum absolute atomic E-state index is 5.72. The third-order valence-electron chi connectivity index (χ3n) is 3.24. The second-order valence-electron chi connectivity index (χ2n) is 4.84. The zero-order chi connectivity index (χ0) is 14.1. The van der Waals surface area contributed by atoms with E-state index in [1.54, 1.807) is 0 Å². The van der Waals surface area contributed by atoms with E-state index in [0.29, 0.717) is 12.6 Å². The fourth-order valence-electron chi connectivity index (χ4n) is 1.81. The van der Waals surface area contributed by atoms with E-state index < -0.39 is 0 Å². The van der Waals surface area contributed by atoms with Gasteiger partial charge in [-0.1, -0.05) is 12.1 Å². The van der Waals surface area contributed by atoms with Gasteiger partial charge < -0.3 is 15.4 Å². The summed E-state index contributed by atoms with van der Waals surface area (Å²) in [7, 11) is 2.18. The average Bonchev–Trinajstić information content (AvgIpc) is 2.44. The molecule has 19 heavy (non-hydrogen) atoms. The van der Waals surface area contributed by atoms with Crippen LogP contribution in [0.1, 0.15) is 18.9 Å². The van der Waals surface area contributed by atoms with Crippen molar-refractivity contribution in [3.05, 3.63) is 29.8 Å². The summed E-state index contributed by atoms with van der Waals surface area (Å²) in [5, 5.41) is 0. The maximum atomic E-state index is 5.72. The van der Waals surface area contributed by atoms with Gasteiger partial charge >= 0.3 is 0 Å². The molecule has 0 radical (unpaired) electrons. The van der Waals surface area contributed by atoms with Crippen molar-refractivity contribution < 1.29 is 4.74 Å². The van der Waals surface area contributed by atoms with Gasteiger partial charge in [-0.05, 0) is 44.3 Å². The Morgan fingerprint density at radius 3 is 2.58 bits per heavy atom. The molecule has 2 N–H and O–H groups in total. The lowest BCUT2D eigenvalue weighted by molar-refractivity contribution is 0.236. The van der Waals surface area contributed by atoms with Crippen LogP contribution in [0.5, 0.6) is 5.75 Å². The molecule has 1 rings (SSSR count). The Bertz CT molecular complexity index is 343. The molecule has 0 aliphatic heterocycles. The Kier molecular flexibility index (Phi) is 7.94. The van der Waals surface area contributed by atoms with Crippen molar-refractivity contribution in [1.29, 1.82) is 0 Å². The van der Waals surface area contributed by atoms with E-state index in [9.17, 15) is 0 Å². The summed E-state index contributed by atoms with van der Waals surface area (Å²) in [6.45, 7) is 4.68. The van der Waals surface area contributed by atoms with Crippen molar-refractivity contribution in [1.82, 2.24) is 4.90 Å². The largest absolute Gasteiger partial charge is 0.494 e. The Morgan fingerprint density at radius 1 is 1.32 bits per heavy atom. The molecule has 1 aromatic rings. The smallest absolute Gasteiger partial charge is 0.119 e. The summed E-state index contributed by atoms with van der Waals surface area (Å²) in [6, 6.07) is 8.63. The number of benzene rings is 1. The summed E-state index contributed by atoms with van der Waals surface area (Å²) in [4.78, 5) is 2.39. The lowest BCUT2D eigenvalue weighted by Crippen LogP contribution is -2.32. The molecular formula is C15H26N2OS. The minimum absolute atomic E-state index is 0.582. The Hall–Kier alpha value is -0.710. The van der Waals surface area contributed by atoms with Crippen LogP contribution in [0, 0.1) is 0 Å². The first-order valence-electron chi connectivity index (χ1n) is 6.78. The van der Waals surface area contributed by atoms with Crippen LogP contribution >= 0.6 is 11.8 Å². The SMILES string of the molecule is CSCC(C)N(C)CCCOc1ccc(CN)cc1. The molecule has 0 aliphatic rings. The van der Waals surface area contributed by atoms with Gasteiger partial charge in [0.05, 0.1) is 6.61 Å². The molecule has 1 unspecified atom stereocenters. The summed E-state index contributed by atoms with van der Waals surface area (Å²) in [6.07, 6.45) is 3.20. The molecule has 0 bridgehead atoms. The quantitative estimate of drug-likeness (QED) is 0.707. The second kappa shape index (κ2) is 9.23. The van der Waals surface area contributed by atoms with Crippen molar-refractivity contribution in [2.24, 2.45) is 5.73 Å². The molecule has 0 heterocycles. The van der Waals surface area contributed by atoms with Crippen LogP contribution < -0.4 is 10.5 Å². The van der Waals surface area contributed by atoms with E-state index in [1.807, 2.05) is 36.0 Å². The van der Waals surface area contributed by atoms with Crippen molar-refractivity contribution in [3.8, 4) is 5.75 Å². The average molecular weight is 282 g/mol. The van der Waals surface area contributed by atoms with E-state index in [0.717, 1.165) is 30.9 Å². The van der Waals surface area contributed by atoms with Crippen molar-refractivity contribution >= 4 is 11.8 Å². The van der Waals surface area contributed by atoms with Gasteiger partial charge in [-0.3, -0.25) is 0 Å². The molecule has 108 valence electrons. The number of thioether (sulfide) groups is 1. The lowest BCUT2D eigenvalue weighted by atomic mass is 10.2. The van der Waals surface area contributed by atoms with Crippen molar-refractivity contribution in [2.75, 3.05) is 32.2 Å². The highest BCUT2D eigenvalue weighted by Gasteiger charge is 2.07. The first-order valence-corrected chi connectivity index (χ1v) is 8.17. The molecule has 1 atom stereocenters. The molecule has 0 fully saturated rings. The number of hydrogen-bond donors (Lipinski definition) is 1. The van der Waals surface area contributed by atoms with E-state index in [2.05, 4.69) is 25.1 Å². The van der Waals surface area contributed by atoms with Gasteiger partial charge in [-0.25, -0.2) is 0 Å². The zero-order valence-corrected chi connectivity index (χ0v) is 13.1. The predicted octanol–water partition coefficient (Wildman–Crippen LogP) is 2.60. The summed E-state index contributed by atoms with van der Waals surface area (Å²) < 4.78 is 5.72. The van der Waals surface area contributed by atoms with Crippen LogP contribution in [0.2, 0.25) is 0 Å². The van der Waals surface area contributed by atoms with Crippen molar-refractivity contribution in [3.63, 3.8) is 0 Å². The topological polar surface area (TPSA) is 38.5 Å². The molecule has 1 aromatic carbocycles. The number of nitrogens with zero attached hydrogens (tertiary/aromatic N) is 1. The number of nitrogens with two attached hydrogens (primary N) is 1. The van der Waals surface area contributed by atoms with Crippen molar-refractivity contribution in [2.45, 2.75) is 25.9 Å². The Morgan fingerprint density at radius 2 is 2.00 bits per heavy atom. The van der Waals surface area contributed by atoms with Gasteiger partial charge in [0.25, 0.3) is 0 Å². The fourth-order valence-corrected chi connectivity index (χ4v) is 2.55. The molecule has 0 aliphatic carbocycles. The molecule has 0 saturated heterocycles. The summed E-state index contributed by atoms with van der Waals surface area (Å²) in [5.74, 6) is 2.11. The first-order chi connectivity index (χ1) is 9.17. The normalized spacial score (nSPS) is 12.7. The van der Waals surface area contributed by atoms with Crippen LogP contribution in [0.3, 0.4) is 0 Å². The predicted molar refractivity (Wildman–Crippen MR) is 84.9 cm³/mol. The third kappa shape index (κ3) is 6.32. The number of rotatable bonds is 9. The minimum Gasteiger partial charge on any atom is -0.494 e. The Labute approximate surface area is 121 Å². The van der Waals surface area contributed by atoms with Gasteiger partial charge in [0.1, 0.15) is 5.75 Å². The summed E-state index contributed by atoms with van der Waals surface area (Å²) in [5.41, 5.74) is 6.70. The van der Waals surface area contributed by atoms with Gasteiger partial charge in [0.15, 0.2) is 0 Å². The highest BCUT2D eigenvalue weighted by atomic mass is 32.2. The molecule has 0 saturated carbocycles. The molecule has 4 heteroatoms. The van der Waals surface area contributed by atoms with E-state index in [1.165, 1.54) is 5.75 Å². The van der Waals surface area contributed by atoms with Gasteiger partial charge in [-0.2, -0.15) is 11.8 Å². The monoisotopic (exact) mass is 282 g/mol. The van der Waals surface area contributed by atoms with Crippen LogP contribution in [0.25, 0.3) is 0 Å².